The summed E-state index contributed by atoms with van der Waals surface area (Å²) < 4.78 is 90.8. The number of nitriles is 1. The zero-order valence-electron chi connectivity index (χ0n) is 20.6. The molecule has 0 bridgehead atoms. The maximum absolute atomic E-state index is 13.4. The second kappa shape index (κ2) is 12.8. The van der Waals surface area contributed by atoms with Crippen molar-refractivity contribution in [3.63, 3.8) is 0 Å². The Hall–Kier alpha value is -3.84. The second-order valence-corrected chi connectivity index (χ2v) is 11.6. The number of halogens is 3. The van der Waals surface area contributed by atoms with Gasteiger partial charge in [0.25, 0.3) is 10.0 Å². The number of aromatic nitrogens is 3. The number of ether oxygens (including phenoxy) is 1. The average Bonchev–Trinajstić information content (AvgIpc) is 3.44. The molecule has 0 aliphatic heterocycles. The van der Waals surface area contributed by atoms with E-state index >= 15 is 0 Å². The number of benzene rings is 2. The summed E-state index contributed by atoms with van der Waals surface area (Å²) in [6.07, 6.45) is -3.24. The summed E-state index contributed by atoms with van der Waals surface area (Å²) in [6, 6.07) is 15.8. The minimum atomic E-state index is -4.97. The normalized spacial score (nSPS) is 12.9. The zero-order chi connectivity index (χ0) is 29.6. The van der Waals surface area contributed by atoms with E-state index in [1.165, 1.54) is 6.07 Å². The highest BCUT2D eigenvalue weighted by atomic mass is 32.2. The number of pyridine rings is 1. The zero-order valence-corrected chi connectivity index (χ0v) is 23.1. The van der Waals surface area contributed by atoms with E-state index in [1.807, 2.05) is 39.9 Å². The van der Waals surface area contributed by atoms with Gasteiger partial charge in [-0.05, 0) is 41.0 Å². The van der Waals surface area contributed by atoms with Gasteiger partial charge >= 0.3 is 14.4 Å². The monoisotopic (exact) mass is 624 g/mol. The highest BCUT2D eigenvalue weighted by molar-refractivity contribution is 7.91. The molecule has 0 amide bonds. The fraction of sp³-hybridized carbons (Fsp3) is 0.167. The largest absolute Gasteiger partial charge is 0.566 e. The number of nitrogens with zero attached hydrogens (tertiary/aromatic N) is 4. The number of hydrogen-bond acceptors (Lipinski definition) is 10. The third kappa shape index (κ3) is 7.88. The van der Waals surface area contributed by atoms with Gasteiger partial charge in [0.2, 0.25) is 10.6 Å². The van der Waals surface area contributed by atoms with Crippen molar-refractivity contribution in [3.05, 3.63) is 89.7 Å². The van der Waals surface area contributed by atoms with Gasteiger partial charge in [-0.2, -0.15) is 23.2 Å². The smallest absolute Gasteiger partial charge is 0.490 e. The lowest BCUT2D eigenvalue weighted by Gasteiger charge is -2.16. The molecule has 2 unspecified atom stereocenters. The van der Waals surface area contributed by atoms with E-state index < -0.39 is 51.7 Å². The van der Waals surface area contributed by atoms with Gasteiger partial charge in [0, 0.05) is 23.3 Å². The first-order chi connectivity index (χ1) is 19.5. The van der Waals surface area contributed by atoms with Crippen molar-refractivity contribution in [1.29, 1.82) is 5.26 Å². The molecule has 0 saturated carbocycles. The molecule has 0 radical (unpaired) electrons. The van der Waals surface area contributed by atoms with Crippen LogP contribution < -0.4 is 18.9 Å². The molecule has 0 fully saturated rings. The average molecular weight is 625 g/mol. The summed E-state index contributed by atoms with van der Waals surface area (Å²) in [5, 5.41) is 16.7. The molecule has 0 spiro atoms. The summed E-state index contributed by atoms with van der Waals surface area (Å²) in [5.74, 6) is 0.566. The van der Waals surface area contributed by atoms with Gasteiger partial charge in [0.1, 0.15) is 17.4 Å². The third-order valence-electron chi connectivity index (χ3n) is 5.36. The van der Waals surface area contributed by atoms with Crippen LogP contribution in [0, 0.1) is 11.3 Å². The Kier molecular flexibility index (Phi) is 9.38. The van der Waals surface area contributed by atoms with Gasteiger partial charge in [-0.15, -0.1) is 14.7 Å². The number of alkyl halides is 3. The number of nitrogens with one attached hydrogen (secondary N) is 1. The Morgan fingerprint density at radius 2 is 1.83 bits per heavy atom. The second-order valence-electron chi connectivity index (χ2n) is 8.10. The van der Waals surface area contributed by atoms with Crippen LogP contribution in [0.3, 0.4) is 0 Å². The molecule has 0 aliphatic carbocycles. The number of hydrogen-bond donors (Lipinski definition) is 1. The SMILES string of the molecule is N#Cc1ccc(C(NS(=O)(=O)c2nnc(-c3ccc(OCC[n+]4ccccc4)cc3)s2)O[P+](=O)[O-])cc1C(F)(F)F. The molecule has 17 heteroatoms. The van der Waals surface area contributed by atoms with Crippen LogP contribution in [0.15, 0.2) is 77.4 Å². The molecule has 2 heterocycles. The molecule has 212 valence electrons. The topological polar surface area (TPSA) is 158 Å². The summed E-state index contributed by atoms with van der Waals surface area (Å²) >= 11 is 0.637. The van der Waals surface area contributed by atoms with Crippen LogP contribution in [0.1, 0.15) is 22.9 Å². The summed E-state index contributed by atoms with van der Waals surface area (Å²) in [6.45, 7) is 1.03. The van der Waals surface area contributed by atoms with Crippen LogP contribution in [0.5, 0.6) is 5.75 Å². The summed E-state index contributed by atoms with van der Waals surface area (Å²) in [5.41, 5.74) is -2.14. The number of sulfonamides is 1. The van der Waals surface area contributed by atoms with Gasteiger partial charge < -0.3 is 9.63 Å². The molecule has 4 aromatic rings. The van der Waals surface area contributed by atoms with Gasteiger partial charge in [0.15, 0.2) is 18.9 Å². The first-order valence-corrected chi connectivity index (χ1v) is 14.8. The maximum atomic E-state index is 13.4. The molecular weight excluding hydrogens is 606 g/mol. The van der Waals surface area contributed by atoms with Gasteiger partial charge in [-0.3, -0.25) is 0 Å². The Labute approximate surface area is 236 Å². The molecule has 2 aromatic carbocycles. The lowest BCUT2D eigenvalue weighted by atomic mass is 10.0. The van der Waals surface area contributed by atoms with Crippen LogP contribution in [0.2, 0.25) is 0 Å². The predicted octanol–water partition coefficient (Wildman–Crippen LogP) is 3.47. The van der Waals surface area contributed by atoms with Gasteiger partial charge in [-0.1, -0.05) is 23.5 Å². The molecule has 2 atom stereocenters. The first kappa shape index (κ1) is 30.1. The molecule has 41 heavy (non-hydrogen) atoms. The van der Waals surface area contributed by atoms with Crippen molar-refractivity contribution in [1.82, 2.24) is 14.9 Å². The van der Waals surface area contributed by atoms with E-state index in [2.05, 4.69) is 14.7 Å². The molecule has 11 nitrogen and oxygen atoms in total. The van der Waals surface area contributed by atoms with Gasteiger partial charge in [-0.25, -0.2) is 13.0 Å². The van der Waals surface area contributed by atoms with Crippen LogP contribution in [-0.4, -0.2) is 25.2 Å². The van der Waals surface area contributed by atoms with Crippen molar-refractivity contribution in [2.45, 2.75) is 23.3 Å². The Morgan fingerprint density at radius 3 is 2.46 bits per heavy atom. The van der Waals surface area contributed by atoms with E-state index in [1.54, 1.807) is 24.3 Å². The molecular formula is C24H18F3N5O6PS2+. The molecule has 0 saturated heterocycles. The van der Waals surface area contributed by atoms with Gasteiger partial charge in [0.05, 0.1) is 17.2 Å². The predicted molar refractivity (Wildman–Crippen MR) is 135 cm³/mol. The fourth-order valence-corrected chi connectivity index (χ4v) is 6.00. The molecule has 4 rings (SSSR count). The van der Waals surface area contributed by atoms with Crippen molar-refractivity contribution >= 4 is 29.6 Å². The van der Waals surface area contributed by atoms with E-state index in [4.69, 9.17) is 10.00 Å². The highest BCUT2D eigenvalue weighted by Crippen LogP contribution is 2.36. The van der Waals surface area contributed by atoms with Crippen molar-refractivity contribution in [2.24, 2.45) is 0 Å². The van der Waals surface area contributed by atoms with E-state index in [-0.39, 0.29) is 5.01 Å². The van der Waals surface area contributed by atoms with Crippen LogP contribution in [0.4, 0.5) is 13.2 Å². The van der Waals surface area contributed by atoms with Crippen molar-refractivity contribution in [2.75, 3.05) is 6.61 Å². The van der Waals surface area contributed by atoms with Crippen LogP contribution in [-0.2, 0) is 31.8 Å². The Morgan fingerprint density at radius 1 is 1.12 bits per heavy atom. The van der Waals surface area contributed by atoms with E-state index in [0.717, 1.165) is 12.1 Å². The molecule has 1 N–H and O–H groups in total. The Balaban J connectivity index is 1.49. The molecule has 2 aromatic heterocycles. The highest BCUT2D eigenvalue weighted by Gasteiger charge is 2.36. The van der Waals surface area contributed by atoms with Crippen LogP contribution in [0.25, 0.3) is 10.6 Å². The summed E-state index contributed by atoms with van der Waals surface area (Å²) in [4.78, 5) is 11.2. The van der Waals surface area contributed by atoms with Crippen molar-refractivity contribution in [3.8, 4) is 22.4 Å². The lowest BCUT2D eigenvalue weighted by molar-refractivity contribution is -0.697. The quantitative estimate of drug-likeness (QED) is 0.150. The van der Waals surface area contributed by atoms with Crippen molar-refractivity contribution < 1.29 is 44.9 Å². The first-order valence-electron chi connectivity index (χ1n) is 11.4. The minimum Gasteiger partial charge on any atom is -0.566 e. The lowest BCUT2D eigenvalue weighted by Crippen LogP contribution is -2.35. The third-order valence-corrected chi connectivity index (χ3v) is 8.48. The summed E-state index contributed by atoms with van der Waals surface area (Å²) in [7, 11) is -8.33. The maximum Gasteiger partial charge on any atom is 0.490 e. The fourth-order valence-electron chi connectivity index (χ4n) is 3.47. The Bertz CT molecular complexity index is 1680. The minimum absolute atomic E-state index is 0.196. The van der Waals surface area contributed by atoms with E-state index in [0.29, 0.717) is 41.9 Å². The van der Waals surface area contributed by atoms with Crippen LogP contribution >= 0.6 is 19.6 Å². The number of rotatable bonds is 11. The standard InChI is InChI=1S/C24H18F3N5O6PS2/c25-24(26,27)20-14-17(4-5-18(20)15-28)21(38-39(33)34)31-41(35,36)23-30-29-22(40-23)16-6-8-19(9-7-16)37-13-12-32-10-2-1-3-11-32/h1-11,14,21,31H,12-13H2/q+1. The van der Waals surface area contributed by atoms with E-state index in [9.17, 15) is 31.0 Å². The molecule has 0 aliphatic rings.